The topological polar surface area (TPSA) is 105 Å². The van der Waals surface area contributed by atoms with Crippen LogP contribution in [0.2, 0.25) is 5.02 Å². The fourth-order valence-corrected chi connectivity index (χ4v) is 3.64. The van der Waals surface area contributed by atoms with E-state index in [4.69, 9.17) is 23.8 Å². The maximum atomic E-state index is 12.5. The van der Waals surface area contributed by atoms with E-state index in [1.165, 1.54) is 4.57 Å². The minimum Gasteiger partial charge on any atom is -0.320 e. The van der Waals surface area contributed by atoms with Crippen LogP contribution in [0.3, 0.4) is 0 Å². The zero-order valence-corrected chi connectivity index (χ0v) is 19.9. The number of rotatable bonds is 3. The predicted octanol–water partition coefficient (Wildman–Crippen LogP) is 3.49. The van der Waals surface area contributed by atoms with Gasteiger partial charge in [0.05, 0.1) is 17.9 Å². The summed E-state index contributed by atoms with van der Waals surface area (Å²) < 4.78 is 3.14. The first-order valence-electron chi connectivity index (χ1n) is 10.6. The third-order valence-electron chi connectivity index (χ3n) is 5.40. The number of hydrogen-bond donors (Lipinski definition) is 1. The highest BCUT2D eigenvalue weighted by Gasteiger charge is 2.15. The zero-order valence-electron chi connectivity index (χ0n) is 19.1. The van der Waals surface area contributed by atoms with Gasteiger partial charge in [-0.2, -0.15) is 0 Å². The summed E-state index contributed by atoms with van der Waals surface area (Å²) in [6.45, 7) is 0. The van der Waals surface area contributed by atoms with Crippen LogP contribution in [0.15, 0.2) is 78.0 Å². The van der Waals surface area contributed by atoms with Crippen LogP contribution in [-0.2, 0) is 14.1 Å². The second-order valence-corrected chi connectivity index (χ2v) is 8.19. The lowest BCUT2D eigenvalue weighted by atomic mass is 9.98. The Morgan fingerprint density at radius 2 is 1.86 bits per heavy atom. The molecule has 0 aliphatic rings. The van der Waals surface area contributed by atoms with E-state index in [1.807, 2.05) is 37.4 Å². The molecule has 1 unspecified atom stereocenters. The predicted molar refractivity (Wildman–Crippen MR) is 137 cm³/mol. The van der Waals surface area contributed by atoms with Gasteiger partial charge in [0.15, 0.2) is 0 Å². The molecule has 9 heteroatoms. The summed E-state index contributed by atoms with van der Waals surface area (Å²) in [5.41, 5.74) is 10.3. The molecule has 0 aliphatic carbocycles. The number of halogens is 1. The molecule has 4 aromatic heterocycles. The van der Waals surface area contributed by atoms with E-state index in [1.54, 1.807) is 54.6 Å². The Labute approximate surface area is 207 Å². The van der Waals surface area contributed by atoms with Gasteiger partial charge >= 0.3 is 0 Å². The Morgan fingerprint density at radius 3 is 2.49 bits per heavy atom. The van der Waals surface area contributed by atoms with Gasteiger partial charge in [0.25, 0.3) is 5.56 Å². The van der Waals surface area contributed by atoms with Crippen molar-refractivity contribution < 1.29 is 0 Å². The van der Waals surface area contributed by atoms with Crippen molar-refractivity contribution in [3.63, 3.8) is 0 Å². The number of nitrogens with two attached hydrogens (primary N) is 1. The number of nitrogens with zero attached hydrogens (tertiary/aromatic N) is 6. The summed E-state index contributed by atoms with van der Waals surface area (Å²) in [5, 5.41) is 8.54. The highest BCUT2D eigenvalue weighted by Crippen LogP contribution is 2.29. The summed E-state index contributed by atoms with van der Waals surface area (Å²) in [7, 11) is 3.51. The van der Waals surface area contributed by atoms with E-state index in [9.17, 15) is 4.79 Å². The summed E-state index contributed by atoms with van der Waals surface area (Å²) >= 11 is 5.98. The fourth-order valence-electron chi connectivity index (χ4n) is 3.52. The van der Waals surface area contributed by atoms with Crippen molar-refractivity contribution in [1.29, 1.82) is 0 Å². The van der Waals surface area contributed by atoms with Crippen LogP contribution in [-0.4, -0.2) is 29.5 Å². The fraction of sp³-hybridized carbons (Fsp3) is 0.115. The number of terminal acetylenes is 1. The lowest BCUT2D eigenvalue weighted by Crippen LogP contribution is -2.18. The normalized spacial score (nSPS) is 11.4. The van der Waals surface area contributed by atoms with Gasteiger partial charge in [-0.3, -0.25) is 14.0 Å². The molecule has 2 N–H and O–H groups in total. The maximum absolute atomic E-state index is 12.5. The van der Waals surface area contributed by atoms with E-state index >= 15 is 0 Å². The monoisotopic (exact) mass is 483 g/mol. The largest absolute Gasteiger partial charge is 0.320 e. The molecule has 0 saturated carbocycles. The van der Waals surface area contributed by atoms with Gasteiger partial charge in [0.2, 0.25) is 0 Å². The Balaban J connectivity index is 0.000000421. The van der Waals surface area contributed by atoms with E-state index < -0.39 is 0 Å². The molecule has 0 spiro atoms. The molecule has 0 aliphatic heterocycles. The molecule has 8 nitrogen and oxygen atoms in total. The number of aryl methyl sites for hydroxylation is 2. The smallest absolute Gasteiger partial charge is 0.252 e. The van der Waals surface area contributed by atoms with Crippen molar-refractivity contribution in [2.45, 2.75) is 6.04 Å². The van der Waals surface area contributed by atoms with Gasteiger partial charge in [0.1, 0.15) is 11.3 Å². The Kier molecular flexibility index (Phi) is 7.01. The van der Waals surface area contributed by atoms with Crippen molar-refractivity contribution in [1.82, 2.24) is 29.5 Å². The van der Waals surface area contributed by atoms with Gasteiger partial charge in [-0.25, -0.2) is 9.97 Å². The molecule has 0 fully saturated rings. The van der Waals surface area contributed by atoms with Crippen LogP contribution >= 0.6 is 11.6 Å². The summed E-state index contributed by atoms with van der Waals surface area (Å²) in [5.74, 6) is 2.53. The Morgan fingerprint density at radius 1 is 1.09 bits per heavy atom. The molecule has 0 radical (unpaired) electrons. The van der Waals surface area contributed by atoms with Crippen molar-refractivity contribution in [3.8, 4) is 23.6 Å². The average Bonchev–Trinajstić information content (AvgIpc) is 3.37. The zero-order chi connectivity index (χ0) is 24.9. The van der Waals surface area contributed by atoms with Gasteiger partial charge < -0.3 is 5.73 Å². The van der Waals surface area contributed by atoms with Crippen molar-refractivity contribution in [2.24, 2.45) is 19.8 Å². The summed E-state index contributed by atoms with van der Waals surface area (Å²) in [6.07, 6.45) is 10.6. The van der Waals surface area contributed by atoms with Crippen LogP contribution in [0.5, 0.6) is 0 Å². The minimum absolute atomic E-state index is 0.178. The number of fused-ring (bicyclic) bond motifs is 1. The van der Waals surface area contributed by atoms with Gasteiger partial charge in [-0.15, -0.1) is 11.5 Å². The van der Waals surface area contributed by atoms with Crippen LogP contribution in [0, 0.1) is 12.3 Å². The van der Waals surface area contributed by atoms with Crippen molar-refractivity contribution in [3.05, 3.63) is 105 Å². The maximum Gasteiger partial charge on any atom is 0.252 e. The van der Waals surface area contributed by atoms with Crippen molar-refractivity contribution >= 4 is 22.6 Å². The molecule has 0 bridgehead atoms. The molecule has 5 aromatic rings. The number of pyridine rings is 3. The number of hydrogen-bond acceptors (Lipinski definition) is 6. The number of aromatic nitrogens is 6. The van der Waals surface area contributed by atoms with E-state index in [2.05, 4.69) is 26.2 Å². The molecule has 1 atom stereocenters. The third-order valence-corrected chi connectivity index (χ3v) is 5.65. The second-order valence-electron chi connectivity index (χ2n) is 7.75. The first-order chi connectivity index (χ1) is 16.9. The first kappa shape index (κ1) is 23.8. The van der Waals surface area contributed by atoms with Gasteiger partial charge in [-0.1, -0.05) is 40.9 Å². The van der Waals surface area contributed by atoms with Crippen molar-refractivity contribution in [2.75, 3.05) is 0 Å². The summed E-state index contributed by atoms with van der Waals surface area (Å²) in [4.78, 5) is 21.5. The molecule has 4 heterocycles. The average molecular weight is 484 g/mol. The molecule has 174 valence electrons. The van der Waals surface area contributed by atoms with E-state index in [0.29, 0.717) is 27.6 Å². The highest BCUT2D eigenvalue weighted by atomic mass is 35.5. The molecule has 0 amide bonds. The van der Waals surface area contributed by atoms with Crippen LogP contribution in [0.4, 0.5) is 0 Å². The van der Waals surface area contributed by atoms with E-state index in [0.717, 1.165) is 16.5 Å². The SMILES string of the molecule is C#Cc1cccc(-c2cc(=O)n(C)c3ncc(C(N)c4ccc(Cl)cc4)cc23)n1.Cn1ccnn1. The van der Waals surface area contributed by atoms with Gasteiger partial charge in [-0.05, 0) is 41.5 Å². The minimum atomic E-state index is -0.390. The van der Waals surface area contributed by atoms with Gasteiger partial charge in [0, 0.05) is 48.5 Å². The quantitative estimate of drug-likeness (QED) is 0.394. The van der Waals surface area contributed by atoms with Crippen LogP contribution in [0.1, 0.15) is 22.9 Å². The molecular formula is C26H22ClN7O. The van der Waals surface area contributed by atoms with E-state index in [-0.39, 0.29) is 11.6 Å². The lowest BCUT2D eigenvalue weighted by Gasteiger charge is -2.15. The Bertz CT molecular complexity index is 1570. The molecule has 35 heavy (non-hydrogen) atoms. The highest BCUT2D eigenvalue weighted by molar-refractivity contribution is 6.30. The van der Waals surface area contributed by atoms with Crippen LogP contribution in [0.25, 0.3) is 22.3 Å². The molecular weight excluding hydrogens is 462 g/mol. The standard InChI is InChI=1S/C23H17ClN4O.C3H5N3/c1-3-17-5-4-6-20(27-17)18-12-21(29)28(2)23-19(18)11-15(13-26-23)22(25)14-7-9-16(24)10-8-14;1-6-3-2-4-5-6/h1,4-13,22H,25H2,2H3;2-3H,1H3. The lowest BCUT2D eigenvalue weighted by molar-refractivity contribution is 0.715. The molecule has 5 rings (SSSR count). The molecule has 1 aromatic carbocycles. The summed E-state index contributed by atoms with van der Waals surface area (Å²) in [6, 6.07) is 15.9. The Hall–Kier alpha value is -4.32. The second kappa shape index (κ2) is 10.3. The first-order valence-corrected chi connectivity index (χ1v) is 11.0. The third kappa shape index (κ3) is 5.27. The molecule has 0 saturated heterocycles. The number of benzene rings is 1. The van der Waals surface area contributed by atoms with Crippen LogP contribution < -0.4 is 11.3 Å².